The van der Waals surface area contributed by atoms with Crippen molar-refractivity contribution < 1.29 is 18.7 Å². The van der Waals surface area contributed by atoms with Gasteiger partial charge in [0, 0.05) is 12.8 Å². The van der Waals surface area contributed by atoms with Crippen LogP contribution >= 0.6 is 0 Å². The summed E-state index contributed by atoms with van der Waals surface area (Å²) in [5, 5.41) is 10.1. The summed E-state index contributed by atoms with van der Waals surface area (Å²) < 4.78 is 24.7. The van der Waals surface area contributed by atoms with Crippen LogP contribution in [0, 0.1) is 12.3 Å². The van der Waals surface area contributed by atoms with Gasteiger partial charge in [-0.1, -0.05) is 0 Å². The molecule has 5 heteroatoms. The number of carbonyl (C=O) groups excluding carboxylic acids is 1. The van der Waals surface area contributed by atoms with E-state index in [1.165, 1.54) is 0 Å². The molecule has 0 aliphatic rings. The molecule has 0 spiro atoms. The van der Waals surface area contributed by atoms with Crippen LogP contribution in [0.25, 0.3) is 0 Å². The Morgan fingerprint density at radius 2 is 2.23 bits per heavy atom. The van der Waals surface area contributed by atoms with E-state index in [1.807, 2.05) is 5.32 Å². The molecule has 0 radical (unpaired) electrons. The first kappa shape index (κ1) is 11.8. The van der Waals surface area contributed by atoms with Crippen molar-refractivity contribution in [3.8, 4) is 12.3 Å². The van der Waals surface area contributed by atoms with E-state index in [0.717, 1.165) is 0 Å². The van der Waals surface area contributed by atoms with Crippen LogP contribution in [0.15, 0.2) is 0 Å². The fourth-order valence-electron chi connectivity index (χ4n) is 0.558. The number of nitrogens with one attached hydrogen (secondary N) is 1. The minimum atomic E-state index is -3.26. The number of hydrogen-bond acceptors (Lipinski definition) is 2. The van der Waals surface area contributed by atoms with Crippen molar-refractivity contribution in [2.75, 3.05) is 13.2 Å². The van der Waals surface area contributed by atoms with Gasteiger partial charge in [-0.3, -0.25) is 4.79 Å². The van der Waals surface area contributed by atoms with E-state index in [-0.39, 0.29) is 12.8 Å². The van der Waals surface area contributed by atoms with Gasteiger partial charge in [0.05, 0.1) is 6.54 Å². The molecule has 3 nitrogen and oxygen atoms in total. The van der Waals surface area contributed by atoms with E-state index >= 15 is 0 Å². The molecule has 13 heavy (non-hydrogen) atoms. The van der Waals surface area contributed by atoms with Crippen LogP contribution in [0.1, 0.15) is 12.8 Å². The van der Waals surface area contributed by atoms with Gasteiger partial charge < -0.3 is 10.4 Å². The Labute approximate surface area is 75.1 Å². The van der Waals surface area contributed by atoms with Gasteiger partial charge in [0.25, 0.3) is 5.92 Å². The lowest BCUT2D eigenvalue weighted by atomic mass is 10.3. The fraction of sp³-hybridized carbons (Fsp3) is 0.625. The Morgan fingerprint density at radius 1 is 1.62 bits per heavy atom. The van der Waals surface area contributed by atoms with Crippen LogP contribution in [0.3, 0.4) is 0 Å². The third kappa shape index (κ3) is 6.05. The quantitative estimate of drug-likeness (QED) is 0.607. The summed E-state index contributed by atoms with van der Waals surface area (Å²) in [5.74, 6) is -1.58. The highest BCUT2D eigenvalue weighted by atomic mass is 19.3. The predicted molar refractivity (Wildman–Crippen MR) is 43.1 cm³/mol. The number of alkyl halides is 2. The lowest BCUT2D eigenvalue weighted by Crippen LogP contribution is -2.38. The largest absolute Gasteiger partial charge is 0.390 e. The van der Waals surface area contributed by atoms with Crippen LogP contribution in [-0.4, -0.2) is 30.1 Å². The van der Waals surface area contributed by atoms with Gasteiger partial charge in [-0.15, -0.1) is 12.3 Å². The van der Waals surface area contributed by atoms with E-state index in [2.05, 4.69) is 5.92 Å². The SMILES string of the molecule is C#CCCC(=O)NCC(F)(F)CO. The Hall–Kier alpha value is -1.15. The van der Waals surface area contributed by atoms with Crippen molar-refractivity contribution in [1.29, 1.82) is 0 Å². The van der Waals surface area contributed by atoms with Crippen molar-refractivity contribution in [3.05, 3.63) is 0 Å². The van der Waals surface area contributed by atoms with Crippen molar-refractivity contribution >= 4 is 5.91 Å². The van der Waals surface area contributed by atoms with Gasteiger partial charge in [-0.2, -0.15) is 0 Å². The molecule has 0 fully saturated rings. The highest BCUT2D eigenvalue weighted by molar-refractivity contribution is 5.76. The first-order valence-electron chi connectivity index (χ1n) is 3.70. The number of halogens is 2. The van der Waals surface area contributed by atoms with Crippen molar-refractivity contribution in [3.63, 3.8) is 0 Å². The van der Waals surface area contributed by atoms with Crippen LogP contribution in [0.2, 0.25) is 0 Å². The van der Waals surface area contributed by atoms with E-state index in [0.29, 0.717) is 0 Å². The molecule has 0 bridgehead atoms. The molecule has 0 unspecified atom stereocenters. The number of hydrogen-bond donors (Lipinski definition) is 2. The van der Waals surface area contributed by atoms with Gasteiger partial charge in [0.15, 0.2) is 0 Å². The monoisotopic (exact) mass is 191 g/mol. The number of terminal acetylenes is 1. The minimum absolute atomic E-state index is 0.0258. The number of rotatable bonds is 5. The maximum absolute atomic E-state index is 12.3. The summed E-state index contributed by atoms with van der Waals surface area (Å²) in [6.45, 7) is -2.13. The van der Waals surface area contributed by atoms with Crippen molar-refractivity contribution in [1.82, 2.24) is 5.32 Å². The molecule has 74 valence electrons. The van der Waals surface area contributed by atoms with Gasteiger partial charge in [-0.25, -0.2) is 8.78 Å². The zero-order valence-electron chi connectivity index (χ0n) is 7.02. The summed E-state index contributed by atoms with van der Waals surface area (Å²) in [6, 6.07) is 0. The molecule has 0 heterocycles. The fourth-order valence-corrected chi connectivity index (χ4v) is 0.558. The summed E-state index contributed by atoms with van der Waals surface area (Å²) in [7, 11) is 0. The normalized spacial score (nSPS) is 10.6. The third-order valence-corrected chi connectivity index (χ3v) is 1.27. The number of aliphatic hydroxyl groups is 1. The number of aliphatic hydroxyl groups excluding tert-OH is 1. The van der Waals surface area contributed by atoms with E-state index in [4.69, 9.17) is 11.5 Å². The first-order chi connectivity index (χ1) is 6.02. The smallest absolute Gasteiger partial charge is 0.287 e. The summed E-state index contributed by atoms with van der Waals surface area (Å²) in [6.07, 6.45) is 5.11. The molecular formula is C8H11F2NO2. The van der Waals surface area contributed by atoms with Gasteiger partial charge >= 0.3 is 0 Å². The first-order valence-corrected chi connectivity index (χ1v) is 3.70. The summed E-state index contributed by atoms with van der Waals surface area (Å²) in [5.41, 5.74) is 0. The van der Waals surface area contributed by atoms with Crippen molar-refractivity contribution in [2.24, 2.45) is 0 Å². The molecule has 0 aromatic rings. The van der Waals surface area contributed by atoms with E-state index in [1.54, 1.807) is 0 Å². The second-order valence-corrected chi connectivity index (χ2v) is 2.49. The van der Waals surface area contributed by atoms with Crippen LogP contribution in [0.4, 0.5) is 8.78 Å². The molecular weight excluding hydrogens is 180 g/mol. The zero-order chi connectivity index (χ0) is 10.3. The molecule has 0 aromatic heterocycles. The molecule has 0 aromatic carbocycles. The van der Waals surface area contributed by atoms with E-state index < -0.39 is 25.0 Å². The Balaban J connectivity index is 3.65. The maximum atomic E-state index is 12.3. The Bertz CT molecular complexity index is 211. The van der Waals surface area contributed by atoms with Crippen LogP contribution < -0.4 is 5.32 Å². The average Bonchev–Trinajstić information content (AvgIpc) is 2.11. The molecule has 0 saturated carbocycles. The summed E-state index contributed by atoms with van der Waals surface area (Å²) in [4.78, 5) is 10.7. The molecule has 0 atom stereocenters. The van der Waals surface area contributed by atoms with Gasteiger partial charge in [-0.05, 0) is 0 Å². The Morgan fingerprint density at radius 3 is 2.69 bits per heavy atom. The second kappa shape index (κ2) is 5.49. The molecule has 0 saturated heterocycles. The van der Waals surface area contributed by atoms with Crippen molar-refractivity contribution in [2.45, 2.75) is 18.8 Å². The molecule has 2 N–H and O–H groups in total. The highest BCUT2D eigenvalue weighted by Gasteiger charge is 2.27. The minimum Gasteiger partial charge on any atom is -0.390 e. The average molecular weight is 191 g/mol. The predicted octanol–water partition coefficient (Wildman–Crippen LogP) is 0.144. The second-order valence-electron chi connectivity index (χ2n) is 2.49. The lowest BCUT2D eigenvalue weighted by Gasteiger charge is -2.13. The molecule has 0 rings (SSSR count). The maximum Gasteiger partial charge on any atom is 0.287 e. The standard InChI is InChI=1S/C8H11F2NO2/c1-2-3-4-7(13)11-5-8(9,10)6-12/h1,12H,3-6H2,(H,11,13). The van der Waals surface area contributed by atoms with Crippen LogP contribution in [0.5, 0.6) is 0 Å². The topological polar surface area (TPSA) is 49.3 Å². The lowest BCUT2D eigenvalue weighted by molar-refractivity contribution is -0.123. The van der Waals surface area contributed by atoms with E-state index in [9.17, 15) is 13.6 Å². The number of amides is 1. The molecule has 1 amide bonds. The van der Waals surface area contributed by atoms with Crippen LogP contribution in [-0.2, 0) is 4.79 Å². The highest BCUT2D eigenvalue weighted by Crippen LogP contribution is 2.09. The molecule has 0 aliphatic carbocycles. The third-order valence-electron chi connectivity index (χ3n) is 1.27. The number of carbonyl (C=O) groups is 1. The zero-order valence-corrected chi connectivity index (χ0v) is 7.02. The molecule has 0 aliphatic heterocycles. The Kier molecular flexibility index (Phi) is 5.00. The summed E-state index contributed by atoms with van der Waals surface area (Å²) >= 11 is 0. The van der Waals surface area contributed by atoms with Gasteiger partial charge in [0.1, 0.15) is 6.61 Å². The van der Waals surface area contributed by atoms with Gasteiger partial charge in [0.2, 0.25) is 5.91 Å².